The summed E-state index contributed by atoms with van der Waals surface area (Å²) in [4.78, 5) is 11.2. The molecule has 2 nitrogen and oxygen atoms in total. The molecule has 0 atom stereocenters. The highest BCUT2D eigenvalue weighted by molar-refractivity contribution is 5.86. The maximum Gasteiger partial charge on any atom is 0.243 e. The van der Waals surface area contributed by atoms with Crippen LogP contribution >= 0.6 is 0 Å². The van der Waals surface area contributed by atoms with Crippen molar-refractivity contribution in [1.82, 2.24) is 5.32 Å². The van der Waals surface area contributed by atoms with Crippen LogP contribution in [-0.2, 0) is 11.2 Å². The van der Waals surface area contributed by atoms with Crippen molar-refractivity contribution < 1.29 is 9.18 Å². The highest BCUT2D eigenvalue weighted by atomic mass is 19.1. The van der Waals surface area contributed by atoms with E-state index in [-0.39, 0.29) is 12.6 Å². The summed E-state index contributed by atoms with van der Waals surface area (Å²) >= 11 is 0. The molecule has 2 aromatic rings. The summed E-state index contributed by atoms with van der Waals surface area (Å²) < 4.78 is 12.6. The van der Waals surface area contributed by atoms with Gasteiger partial charge in [-0.1, -0.05) is 49.0 Å². The van der Waals surface area contributed by atoms with Gasteiger partial charge in [0.05, 0.1) is 6.67 Å². The Morgan fingerprint density at radius 1 is 1.13 bits per heavy atom. The molecule has 1 aliphatic rings. The van der Waals surface area contributed by atoms with Crippen LogP contribution in [0.1, 0.15) is 61.1 Å². The molecule has 1 fully saturated rings. The second-order valence-electron chi connectivity index (χ2n) is 8.57. The zero-order chi connectivity index (χ0) is 21.3. The van der Waals surface area contributed by atoms with E-state index >= 15 is 0 Å². The summed E-state index contributed by atoms with van der Waals surface area (Å²) in [5, 5.41) is 2.82. The zero-order valence-electron chi connectivity index (χ0n) is 18.1. The average molecular weight is 408 g/mol. The van der Waals surface area contributed by atoms with Crippen LogP contribution in [0.4, 0.5) is 4.39 Å². The molecule has 0 bridgehead atoms. The number of rotatable bonds is 9. The van der Waals surface area contributed by atoms with E-state index in [1.165, 1.54) is 46.7 Å². The standard InChI is InChI=1S/C27H34FNO/c1-3-27(30)29-18-4-5-22-8-15-26(20(2)19-22)25-13-11-24(12-14-25)23-9-6-21(7-10-23)16-17-28/h3,8,11-15,19,21,23H,1,4-7,9-10,16-18H2,2H3,(H,29,30). The fraction of sp³-hybridized carbons (Fsp3) is 0.444. The van der Waals surface area contributed by atoms with Crippen molar-refractivity contribution in [3.8, 4) is 11.1 Å². The summed E-state index contributed by atoms with van der Waals surface area (Å²) in [5.74, 6) is 1.10. The summed E-state index contributed by atoms with van der Waals surface area (Å²) in [7, 11) is 0. The summed E-state index contributed by atoms with van der Waals surface area (Å²) in [6.07, 6.45) is 8.61. The molecule has 30 heavy (non-hydrogen) atoms. The Bertz CT molecular complexity index is 834. The van der Waals surface area contributed by atoms with E-state index < -0.39 is 0 Å². The second-order valence-corrected chi connectivity index (χ2v) is 8.57. The van der Waals surface area contributed by atoms with Gasteiger partial charge in [0, 0.05) is 6.54 Å². The van der Waals surface area contributed by atoms with Gasteiger partial charge < -0.3 is 5.32 Å². The molecule has 0 heterocycles. The SMILES string of the molecule is C=CC(=O)NCCCc1ccc(-c2ccc(C3CCC(CCF)CC3)cc2)c(C)c1. The van der Waals surface area contributed by atoms with Gasteiger partial charge in [0.1, 0.15) is 0 Å². The van der Waals surface area contributed by atoms with Gasteiger partial charge in [-0.15, -0.1) is 0 Å². The molecule has 0 radical (unpaired) electrons. The lowest BCUT2D eigenvalue weighted by atomic mass is 9.77. The lowest BCUT2D eigenvalue weighted by Gasteiger charge is -2.28. The van der Waals surface area contributed by atoms with Gasteiger partial charge in [-0.25, -0.2) is 0 Å². The van der Waals surface area contributed by atoms with Crippen molar-refractivity contribution >= 4 is 5.91 Å². The number of hydrogen-bond donors (Lipinski definition) is 1. The van der Waals surface area contributed by atoms with Crippen molar-refractivity contribution in [2.24, 2.45) is 5.92 Å². The lowest BCUT2D eigenvalue weighted by molar-refractivity contribution is -0.116. The molecule has 1 N–H and O–H groups in total. The number of alkyl halides is 1. The van der Waals surface area contributed by atoms with Crippen molar-refractivity contribution in [1.29, 1.82) is 0 Å². The number of hydrogen-bond acceptors (Lipinski definition) is 1. The van der Waals surface area contributed by atoms with Gasteiger partial charge in [-0.2, -0.15) is 0 Å². The van der Waals surface area contributed by atoms with E-state index in [0.29, 0.717) is 18.4 Å². The van der Waals surface area contributed by atoms with Gasteiger partial charge in [-0.3, -0.25) is 9.18 Å². The molecule has 0 spiro atoms. The van der Waals surface area contributed by atoms with Crippen LogP contribution in [0, 0.1) is 12.8 Å². The first-order chi connectivity index (χ1) is 14.6. The van der Waals surface area contributed by atoms with Crippen LogP contribution in [0.5, 0.6) is 0 Å². The second kappa shape index (κ2) is 11.1. The fourth-order valence-corrected chi connectivity index (χ4v) is 4.66. The number of halogens is 1. The topological polar surface area (TPSA) is 29.1 Å². The molecule has 0 aliphatic heterocycles. The minimum absolute atomic E-state index is 0.113. The van der Waals surface area contributed by atoms with Crippen LogP contribution in [0.3, 0.4) is 0 Å². The molecule has 0 unspecified atom stereocenters. The average Bonchev–Trinajstić information content (AvgIpc) is 2.77. The van der Waals surface area contributed by atoms with Crippen molar-refractivity contribution in [2.75, 3.05) is 13.2 Å². The minimum Gasteiger partial charge on any atom is -0.353 e. The fourth-order valence-electron chi connectivity index (χ4n) is 4.66. The molecule has 1 aliphatic carbocycles. The third-order valence-electron chi connectivity index (χ3n) is 6.47. The molecular weight excluding hydrogens is 373 g/mol. The zero-order valence-corrected chi connectivity index (χ0v) is 18.1. The van der Waals surface area contributed by atoms with E-state index in [4.69, 9.17) is 0 Å². The highest BCUT2D eigenvalue weighted by Crippen LogP contribution is 2.37. The van der Waals surface area contributed by atoms with Crippen molar-refractivity contribution in [3.63, 3.8) is 0 Å². The molecule has 0 saturated heterocycles. The Labute approximate surface area is 180 Å². The first-order valence-corrected chi connectivity index (χ1v) is 11.3. The van der Waals surface area contributed by atoms with Crippen LogP contribution in [0.15, 0.2) is 55.1 Å². The number of aryl methyl sites for hydroxylation is 2. The smallest absolute Gasteiger partial charge is 0.243 e. The molecule has 2 aromatic carbocycles. The third-order valence-corrected chi connectivity index (χ3v) is 6.47. The van der Waals surface area contributed by atoms with Crippen molar-refractivity contribution in [3.05, 3.63) is 71.8 Å². The maximum atomic E-state index is 12.6. The molecule has 3 rings (SSSR count). The van der Waals surface area contributed by atoms with E-state index in [1.807, 2.05) is 0 Å². The van der Waals surface area contributed by atoms with Gasteiger partial charge in [0.2, 0.25) is 5.91 Å². The Kier molecular flexibility index (Phi) is 8.24. The first kappa shape index (κ1) is 22.3. The first-order valence-electron chi connectivity index (χ1n) is 11.3. The Balaban J connectivity index is 1.57. The van der Waals surface area contributed by atoms with Crippen LogP contribution in [0.2, 0.25) is 0 Å². The van der Waals surface area contributed by atoms with Gasteiger partial charge in [0.15, 0.2) is 0 Å². The van der Waals surface area contributed by atoms with Gasteiger partial charge in [-0.05, 0) is 97.6 Å². The normalized spacial score (nSPS) is 18.7. The largest absolute Gasteiger partial charge is 0.353 e. The number of nitrogens with one attached hydrogen (secondary N) is 1. The lowest BCUT2D eigenvalue weighted by Crippen LogP contribution is -2.22. The Morgan fingerprint density at radius 3 is 2.50 bits per heavy atom. The molecule has 160 valence electrons. The van der Waals surface area contributed by atoms with E-state index in [9.17, 15) is 9.18 Å². The molecule has 3 heteroatoms. The Morgan fingerprint density at radius 2 is 1.87 bits per heavy atom. The van der Waals surface area contributed by atoms with Crippen LogP contribution in [0.25, 0.3) is 11.1 Å². The molecular formula is C27H34FNO. The minimum atomic E-state index is -0.173. The summed E-state index contributed by atoms with van der Waals surface area (Å²) in [6.45, 7) is 6.13. The molecule has 1 amide bonds. The summed E-state index contributed by atoms with van der Waals surface area (Å²) in [6, 6.07) is 15.7. The van der Waals surface area contributed by atoms with E-state index in [1.54, 1.807) is 0 Å². The predicted molar refractivity (Wildman–Crippen MR) is 123 cm³/mol. The molecule has 0 aromatic heterocycles. The quantitative estimate of drug-likeness (QED) is 0.371. The van der Waals surface area contributed by atoms with Gasteiger partial charge in [0.25, 0.3) is 0 Å². The van der Waals surface area contributed by atoms with Crippen LogP contribution < -0.4 is 5.32 Å². The van der Waals surface area contributed by atoms with Gasteiger partial charge >= 0.3 is 0 Å². The highest BCUT2D eigenvalue weighted by Gasteiger charge is 2.22. The monoisotopic (exact) mass is 407 g/mol. The number of carbonyl (C=O) groups is 1. The number of benzene rings is 2. The number of amides is 1. The van der Waals surface area contributed by atoms with E-state index in [2.05, 4.69) is 61.3 Å². The third kappa shape index (κ3) is 6.04. The molecule has 1 saturated carbocycles. The summed E-state index contributed by atoms with van der Waals surface area (Å²) in [5.41, 5.74) is 6.53. The Hall–Kier alpha value is -2.42. The van der Waals surface area contributed by atoms with Crippen LogP contribution in [-0.4, -0.2) is 19.1 Å². The van der Waals surface area contributed by atoms with Crippen molar-refractivity contribution in [2.45, 2.75) is 57.8 Å². The van der Waals surface area contributed by atoms with E-state index in [0.717, 1.165) is 32.1 Å². The maximum absolute atomic E-state index is 12.6. The number of carbonyl (C=O) groups excluding carboxylic acids is 1. The predicted octanol–water partition coefficient (Wildman–Crippen LogP) is 6.53.